The van der Waals surface area contributed by atoms with E-state index < -0.39 is 29.9 Å². The number of ether oxygens (including phenoxy) is 2. The van der Waals surface area contributed by atoms with Gasteiger partial charge < -0.3 is 19.9 Å². The normalized spacial score (nSPS) is 29.9. The van der Waals surface area contributed by atoms with Crippen LogP contribution >= 0.6 is 0 Å². The third-order valence-corrected chi connectivity index (χ3v) is 2.15. The number of alkyl carbamates (subject to hydrolysis) is 1. The molecule has 0 aliphatic carbocycles. The van der Waals surface area contributed by atoms with E-state index in [2.05, 4.69) is 11.9 Å². The van der Waals surface area contributed by atoms with Crippen molar-refractivity contribution in [2.75, 3.05) is 6.61 Å². The van der Waals surface area contributed by atoms with Crippen molar-refractivity contribution in [1.29, 1.82) is 0 Å². The highest BCUT2D eigenvalue weighted by Crippen LogP contribution is 2.16. The molecule has 3 atom stereocenters. The number of rotatable bonds is 2. The Balaban J connectivity index is 2.44. The Bertz CT molecular complexity index is 272. The molecule has 0 saturated carbocycles. The molecule has 0 bridgehead atoms. The monoisotopic (exact) mass is 229 g/mol. The molecule has 0 aromatic heterocycles. The Hall–Kier alpha value is -1.07. The summed E-state index contributed by atoms with van der Waals surface area (Å²) in [7, 11) is 0. The molecular formula is C11H19NO4. The van der Waals surface area contributed by atoms with E-state index in [-0.39, 0.29) is 6.61 Å². The minimum Gasteiger partial charge on any atom is -0.444 e. The Kier molecular flexibility index (Phi) is 3.93. The van der Waals surface area contributed by atoms with E-state index in [1.807, 2.05) is 0 Å². The number of hydrogen-bond acceptors (Lipinski definition) is 4. The molecule has 92 valence electrons. The van der Waals surface area contributed by atoms with Gasteiger partial charge in [-0.2, -0.15) is 0 Å². The molecule has 1 saturated heterocycles. The van der Waals surface area contributed by atoms with Crippen LogP contribution < -0.4 is 5.32 Å². The fraction of sp³-hybridized carbons (Fsp3) is 0.727. The molecule has 0 aromatic carbocycles. The summed E-state index contributed by atoms with van der Waals surface area (Å²) in [5.74, 6) is 0. The van der Waals surface area contributed by atoms with Crippen LogP contribution in [0.15, 0.2) is 12.7 Å². The van der Waals surface area contributed by atoms with Gasteiger partial charge in [-0.15, -0.1) is 6.58 Å². The molecule has 1 amide bonds. The second-order valence-electron chi connectivity index (χ2n) is 4.78. The first-order valence-electron chi connectivity index (χ1n) is 5.25. The molecule has 0 unspecified atom stereocenters. The molecule has 0 spiro atoms. The summed E-state index contributed by atoms with van der Waals surface area (Å²) in [5, 5.41) is 12.3. The van der Waals surface area contributed by atoms with Crippen molar-refractivity contribution in [3.63, 3.8) is 0 Å². The maximum atomic E-state index is 11.4. The van der Waals surface area contributed by atoms with Crippen LogP contribution in [0.5, 0.6) is 0 Å². The van der Waals surface area contributed by atoms with Crippen molar-refractivity contribution in [3.05, 3.63) is 12.7 Å². The van der Waals surface area contributed by atoms with Gasteiger partial charge in [0.15, 0.2) is 0 Å². The highest BCUT2D eigenvalue weighted by atomic mass is 16.6. The van der Waals surface area contributed by atoms with Gasteiger partial charge in [-0.05, 0) is 20.8 Å². The molecule has 1 rings (SSSR count). The summed E-state index contributed by atoms with van der Waals surface area (Å²) >= 11 is 0. The van der Waals surface area contributed by atoms with Gasteiger partial charge in [-0.25, -0.2) is 4.79 Å². The Morgan fingerprint density at radius 3 is 2.69 bits per heavy atom. The first-order chi connectivity index (χ1) is 7.33. The summed E-state index contributed by atoms with van der Waals surface area (Å²) < 4.78 is 10.3. The topological polar surface area (TPSA) is 67.8 Å². The van der Waals surface area contributed by atoms with Crippen LogP contribution in [0.2, 0.25) is 0 Å². The van der Waals surface area contributed by atoms with Crippen LogP contribution in [0.1, 0.15) is 20.8 Å². The quantitative estimate of drug-likeness (QED) is 0.688. The van der Waals surface area contributed by atoms with Gasteiger partial charge in [0.1, 0.15) is 17.8 Å². The fourth-order valence-electron chi connectivity index (χ4n) is 1.43. The third kappa shape index (κ3) is 3.50. The molecule has 1 heterocycles. The number of amides is 1. The molecule has 2 N–H and O–H groups in total. The molecule has 1 aliphatic heterocycles. The van der Waals surface area contributed by atoms with Crippen LogP contribution in [0.4, 0.5) is 4.79 Å². The standard InChI is InChI=1S/C11H19NO4/c1-5-8-9(13)7(6-15-8)12-10(14)16-11(2,3)4/h5,7-9,13H,1,6H2,2-4H3,(H,12,14)/t7-,8+,9-/m0/s1. The lowest BCUT2D eigenvalue weighted by atomic mass is 10.1. The van der Waals surface area contributed by atoms with E-state index in [0.717, 1.165) is 0 Å². The number of carbonyl (C=O) groups is 1. The number of nitrogens with one attached hydrogen (secondary N) is 1. The zero-order chi connectivity index (χ0) is 12.3. The molecule has 5 nitrogen and oxygen atoms in total. The fourth-order valence-corrected chi connectivity index (χ4v) is 1.43. The second kappa shape index (κ2) is 4.84. The lowest BCUT2D eigenvalue weighted by Crippen LogP contribution is -2.46. The van der Waals surface area contributed by atoms with Gasteiger partial charge in [-0.1, -0.05) is 6.08 Å². The average Bonchev–Trinajstić information content (AvgIpc) is 2.44. The molecule has 0 aromatic rings. The maximum Gasteiger partial charge on any atom is 0.408 e. The molecular weight excluding hydrogens is 210 g/mol. The van der Waals surface area contributed by atoms with E-state index in [0.29, 0.717) is 0 Å². The molecule has 16 heavy (non-hydrogen) atoms. The van der Waals surface area contributed by atoms with Crippen LogP contribution in [0, 0.1) is 0 Å². The average molecular weight is 229 g/mol. The molecule has 1 fully saturated rings. The third-order valence-electron chi connectivity index (χ3n) is 2.15. The highest BCUT2D eigenvalue weighted by Gasteiger charge is 2.35. The first kappa shape index (κ1) is 13.0. The van der Waals surface area contributed by atoms with Crippen molar-refractivity contribution in [1.82, 2.24) is 5.32 Å². The van der Waals surface area contributed by atoms with Crippen LogP contribution in [0.25, 0.3) is 0 Å². The zero-order valence-corrected chi connectivity index (χ0v) is 9.90. The van der Waals surface area contributed by atoms with Crippen molar-refractivity contribution in [2.45, 2.75) is 44.6 Å². The van der Waals surface area contributed by atoms with E-state index in [1.54, 1.807) is 20.8 Å². The Morgan fingerprint density at radius 1 is 1.62 bits per heavy atom. The van der Waals surface area contributed by atoms with Crippen LogP contribution in [0.3, 0.4) is 0 Å². The predicted octanol–water partition coefficient (Wildman–Crippen LogP) is 0.825. The molecule has 5 heteroatoms. The van der Waals surface area contributed by atoms with Crippen molar-refractivity contribution in [2.24, 2.45) is 0 Å². The SMILES string of the molecule is C=C[C@H]1OC[C@H](NC(=O)OC(C)(C)C)[C@@H]1O. The zero-order valence-electron chi connectivity index (χ0n) is 9.90. The Morgan fingerprint density at radius 2 is 2.25 bits per heavy atom. The molecule has 0 radical (unpaired) electrons. The van der Waals surface area contributed by atoms with Gasteiger partial charge in [0, 0.05) is 0 Å². The highest BCUT2D eigenvalue weighted by molar-refractivity contribution is 5.68. The summed E-state index contributed by atoms with van der Waals surface area (Å²) in [5.41, 5.74) is -0.549. The van der Waals surface area contributed by atoms with Gasteiger partial charge in [0.2, 0.25) is 0 Å². The van der Waals surface area contributed by atoms with Crippen molar-refractivity contribution >= 4 is 6.09 Å². The van der Waals surface area contributed by atoms with E-state index in [9.17, 15) is 9.90 Å². The lowest BCUT2D eigenvalue weighted by Gasteiger charge is -2.22. The number of hydrogen-bond donors (Lipinski definition) is 2. The van der Waals surface area contributed by atoms with Gasteiger partial charge in [0.05, 0.1) is 12.6 Å². The number of aliphatic hydroxyl groups is 1. The van der Waals surface area contributed by atoms with Crippen LogP contribution in [-0.2, 0) is 9.47 Å². The summed E-state index contributed by atoms with van der Waals surface area (Å²) in [6.07, 6.45) is -0.239. The first-order valence-corrected chi connectivity index (χ1v) is 5.25. The van der Waals surface area contributed by atoms with Gasteiger partial charge in [-0.3, -0.25) is 0 Å². The van der Waals surface area contributed by atoms with Gasteiger partial charge in [0.25, 0.3) is 0 Å². The minimum atomic E-state index is -0.773. The summed E-state index contributed by atoms with van der Waals surface area (Å²) in [4.78, 5) is 11.4. The van der Waals surface area contributed by atoms with E-state index in [1.165, 1.54) is 6.08 Å². The number of aliphatic hydroxyl groups excluding tert-OH is 1. The van der Waals surface area contributed by atoms with Crippen molar-refractivity contribution < 1.29 is 19.4 Å². The maximum absolute atomic E-state index is 11.4. The Labute approximate surface area is 95.4 Å². The van der Waals surface area contributed by atoms with Crippen molar-refractivity contribution in [3.8, 4) is 0 Å². The largest absolute Gasteiger partial charge is 0.444 e. The van der Waals surface area contributed by atoms with E-state index in [4.69, 9.17) is 9.47 Å². The van der Waals surface area contributed by atoms with Gasteiger partial charge >= 0.3 is 6.09 Å². The van der Waals surface area contributed by atoms with Crippen LogP contribution in [-0.4, -0.2) is 41.7 Å². The summed E-state index contributed by atoms with van der Waals surface area (Å²) in [6.45, 7) is 9.13. The smallest absolute Gasteiger partial charge is 0.408 e. The lowest BCUT2D eigenvalue weighted by molar-refractivity contribution is 0.0447. The number of carbonyl (C=O) groups excluding carboxylic acids is 1. The minimum absolute atomic E-state index is 0.261. The summed E-state index contributed by atoms with van der Waals surface area (Å²) in [6, 6.07) is -0.446. The predicted molar refractivity (Wildman–Crippen MR) is 59.1 cm³/mol. The second-order valence-corrected chi connectivity index (χ2v) is 4.78. The van der Waals surface area contributed by atoms with E-state index >= 15 is 0 Å². The molecule has 1 aliphatic rings.